The van der Waals surface area contributed by atoms with Gasteiger partial charge in [0.1, 0.15) is 5.82 Å². The van der Waals surface area contributed by atoms with E-state index in [2.05, 4.69) is 5.32 Å². The number of thioether (sulfide) groups is 1. The first-order chi connectivity index (χ1) is 9.56. The van der Waals surface area contributed by atoms with Gasteiger partial charge in [0.25, 0.3) is 0 Å². The van der Waals surface area contributed by atoms with Gasteiger partial charge in [-0.05, 0) is 30.3 Å². The van der Waals surface area contributed by atoms with Crippen LogP contribution >= 0.6 is 35.0 Å². The van der Waals surface area contributed by atoms with Crippen molar-refractivity contribution in [3.8, 4) is 0 Å². The van der Waals surface area contributed by atoms with Crippen molar-refractivity contribution in [1.29, 1.82) is 0 Å². The second-order valence-electron chi connectivity index (χ2n) is 3.89. The van der Waals surface area contributed by atoms with Crippen molar-refractivity contribution in [2.45, 2.75) is 4.90 Å². The number of carbonyl (C=O) groups is 1. The first kappa shape index (κ1) is 15.2. The number of hydrogen-bond donors (Lipinski definition) is 1. The molecule has 0 saturated heterocycles. The van der Waals surface area contributed by atoms with Crippen LogP contribution in [0.5, 0.6) is 0 Å². The number of anilines is 1. The minimum atomic E-state index is -0.466. The summed E-state index contributed by atoms with van der Waals surface area (Å²) in [5.41, 5.74) is 0.162. The highest BCUT2D eigenvalue weighted by molar-refractivity contribution is 8.00. The first-order valence-electron chi connectivity index (χ1n) is 5.68. The Morgan fingerprint density at radius 1 is 1.20 bits per heavy atom. The summed E-state index contributed by atoms with van der Waals surface area (Å²) in [6.07, 6.45) is 0. The molecule has 0 aliphatic rings. The molecule has 0 aliphatic carbocycles. The second kappa shape index (κ2) is 6.97. The van der Waals surface area contributed by atoms with Crippen LogP contribution in [0.3, 0.4) is 0 Å². The molecule has 0 unspecified atom stereocenters. The second-order valence-corrected chi connectivity index (χ2v) is 5.75. The van der Waals surface area contributed by atoms with E-state index in [4.69, 9.17) is 23.2 Å². The zero-order valence-corrected chi connectivity index (χ0v) is 12.5. The Labute approximate surface area is 130 Å². The molecule has 2 aromatic carbocycles. The Balaban J connectivity index is 1.96. The van der Waals surface area contributed by atoms with Gasteiger partial charge in [0.05, 0.1) is 16.5 Å². The van der Waals surface area contributed by atoms with Crippen LogP contribution in [-0.2, 0) is 4.79 Å². The van der Waals surface area contributed by atoms with Gasteiger partial charge in [-0.1, -0.05) is 35.3 Å². The van der Waals surface area contributed by atoms with Gasteiger partial charge >= 0.3 is 0 Å². The van der Waals surface area contributed by atoms with Crippen LogP contribution in [0.2, 0.25) is 10.0 Å². The van der Waals surface area contributed by atoms with Crippen molar-refractivity contribution in [2.75, 3.05) is 11.1 Å². The van der Waals surface area contributed by atoms with Crippen LogP contribution in [0.15, 0.2) is 47.4 Å². The molecule has 0 bridgehead atoms. The maximum Gasteiger partial charge on any atom is 0.234 e. The molecular formula is C14H10Cl2FNOS. The Kier molecular flexibility index (Phi) is 5.29. The van der Waals surface area contributed by atoms with E-state index in [-0.39, 0.29) is 17.3 Å². The lowest BCUT2D eigenvalue weighted by molar-refractivity contribution is -0.113. The number of carbonyl (C=O) groups excluding carboxylic acids is 1. The Morgan fingerprint density at radius 3 is 2.70 bits per heavy atom. The Morgan fingerprint density at radius 2 is 1.95 bits per heavy atom. The third-order valence-corrected chi connectivity index (χ3v) is 4.13. The molecule has 6 heteroatoms. The van der Waals surface area contributed by atoms with Gasteiger partial charge in [-0.15, -0.1) is 11.8 Å². The molecule has 0 heterocycles. The quantitative estimate of drug-likeness (QED) is 0.811. The molecule has 2 rings (SSSR count). The molecule has 0 aliphatic heterocycles. The van der Waals surface area contributed by atoms with Gasteiger partial charge in [0, 0.05) is 9.92 Å². The number of halogens is 3. The fraction of sp³-hybridized carbons (Fsp3) is 0.0714. The number of hydrogen-bond acceptors (Lipinski definition) is 2. The standard InChI is InChI=1S/C14H10Cl2FNOS/c15-9-5-6-10(16)13(7-9)20-8-14(19)18-12-4-2-1-3-11(12)17/h1-7H,8H2,(H,18,19). The van der Waals surface area contributed by atoms with Gasteiger partial charge in [0.15, 0.2) is 0 Å². The van der Waals surface area contributed by atoms with E-state index in [1.807, 2.05) is 0 Å². The number of benzene rings is 2. The van der Waals surface area contributed by atoms with E-state index < -0.39 is 5.82 Å². The monoisotopic (exact) mass is 329 g/mol. The minimum absolute atomic E-state index is 0.119. The predicted octanol–water partition coefficient (Wildman–Crippen LogP) is 4.86. The maximum absolute atomic E-state index is 13.4. The molecule has 20 heavy (non-hydrogen) atoms. The molecule has 0 fully saturated rings. The van der Waals surface area contributed by atoms with Crippen LogP contribution in [0.25, 0.3) is 0 Å². The molecule has 0 aromatic heterocycles. The summed E-state index contributed by atoms with van der Waals surface area (Å²) in [5.74, 6) is -0.656. The summed E-state index contributed by atoms with van der Waals surface area (Å²) in [6, 6.07) is 11.0. The SMILES string of the molecule is O=C(CSc1cc(Cl)ccc1Cl)Nc1ccccc1F. The zero-order chi connectivity index (χ0) is 14.5. The molecular weight excluding hydrogens is 320 g/mol. The van der Waals surface area contributed by atoms with Crippen molar-refractivity contribution < 1.29 is 9.18 Å². The normalized spacial score (nSPS) is 10.3. The van der Waals surface area contributed by atoms with E-state index in [0.29, 0.717) is 14.9 Å². The van der Waals surface area contributed by atoms with Gasteiger partial charge < -0.3 is 5.32 Å². The average Bonchev–Trinajstić information content (AvgIpc) is 2.42. The van der Waals surface area contributed by atoms with Crippen LogP contribution in [0, 0.1) is 5.82 Å². The Bertz CT molecular complexity index is 636. The third-order valence-electron chi connectivity index (χ3n) is 2.40. The van der Waals surface area contributed by atoms with Gasteiger partial charge in [0.2, 0.25) is 5.91 Å². The molecule has 2 nitrogen and oxygen atoms in total. The molecule has 0 atom stereocenters. The van der Waals surface area contributed by atoms with Crippen LogP contribution < -0.4 is 5.32 Å². The van der Waals surface area contributed by atoms with Crippen molar-refractivity contribution in [2.24, 2.45) is 0 Å². The molecule has 104 valence electrons. The molecule has 0 saturated carbocycles. The fourth-order valence-electron chi connectivity index (χ4n) is 1.48. The van der Waals surface area contributed by atoms with E-state index in [0.717, 1.165) is 0 Å². The molecule has 0 spiro atoms. The number of para-hydroxylation sites is 1. The van der Waals surface area contributed by atoms with Crippen molar-refractivity contribution in [3.05, 3.63) is 58.3 Å². The van der Waals surface area contributed by atoms with E-state index in [1.54, 1.807) is 30.3 Å². The summed E-state index contributed by atoms with van der Waals surface area (Å²) in [4.78, 5) is 12.5. The highest BCUT2D eigenvalue weighted by atomic mass is 35.5. The van der Waals surface area contributed by atoms with Crippen LogP contribution in [0.4, 0.5) is 10.1 Å². The smallest absolute Gasteiger partial charge is 0.234 e. The predicted molar refractivity (Wildman–Crippen MR) is 82.2 cm³/mol. The fourth-order valence-corrected chi connectivity index (χ4v) is 2.77. The molecule has 0 radical (unpaired) electrons. The third kappa shape index (κ3) is 4.13. The van der Waals surface area contributed by atoms with E-state index >= 15 is 0 Å². The van der Waals surface area contributed by atoms with Crippen LogP contribution in [-0.4, -0.2) is 11.7 Å². The summed E-state index contributed by atoms with van der Waals surface area (Å²) in [5, 5.41) is 3.58. The van der Waals surface area contributed by atoms with E-state index in [9.17, 15) is 9.18 Å². The Hall–Kier alpha value is -1.23. The topological polar surface area (TPSA) is 29.1 Å². The maximum atomic E-state index is 13.4. The van der Waals surface area contributed by atoms with Crippen molar-refractivity contribution in [3.63, 3.8) is 0 Å². The lowest BCUT2D eigenvalue weighted by Gasteiger charge is -2.07. The van der Waals surface area contributed by atoms with Crippen LogP contribution in [0.1, 0.15) is 0 Å². The van der Waals surface area contributed by atoms with Gasteiger partial charge in [-0.25, -0.2) is 4.39 Å². The van der Waals surface area contributed by atoms with Crippen molar-refractivity contribution in [1.82, 2.24) is 0 Å². The highest BCUT2D eigenvalue weighted by Gasteiger charge is 2.09. The lowest BCUT2D eigenvalue weighted by Crippen LogP contribution is -2.14. The van der Waals surface area contributed by atoms with Gasteiger partial charge in [-0.3, -0.25) is 4.79 Å². The van der Waals surface area contributed by atoms with Crippen molar-refractivity contribution >= 4 is 46.6 Å². The number of rotatable bonds is 4. The summed E-state index contributed by atoms with van der Waals surface area (Å²) in [7, 11) is 0. The number of nitrogens with one attached hydrogen (secondary N) is 1. The highest BCUT2D eigenvalue weighted by Crippen LogP contribution is 2.29. The summed E-state index contributed by atoms with van der Waals surface area (Å²) >= 11 is 13.1. The molecule has 1 N–H and O–H groups in total. The zero-order valence-electron chi connectivity index (χ0n) is 10.2. The summed E-state index contributed by atoms with van der Waals surface area (Å²) < 4.78 is 13.4. The largest absolute Gasteiger partial charge is 0.323 e. The first-order valence-corrected chi connectivity index (χ1v) is 7.42. The molecule has 1 amide bonds. The number of amides is 1. The minimum Gasteiger partial charge on any atom is -0.323 e. The van der Waals surface area contributed by atoms with E-state index in [1.165, 1.54) is 23.9 Å². The molecule has 2 aromatic rings. The summed E-state index contributed by atoms with van der Waals surface area (Å²) in [6.45, 7) is 0. The lowest BCUT2D eigenvalue weighted by atomic mass is 10.3. The van der Waals surface area contributed by atoms with Gasteiger partial charge in [-0.2, -0.15) is 0 Å². The average molecular weight is 330 g/mol.